The maximum atomic E-state index is 6.02. The topological polar surface area (TPSA) is 42.1 Å². The van der Waals surface area contributed by atoms with E-state index in [9.17, 15) is 0 Å². The maximum absolute atomic E-state index is 6.02. The van der Waals surface area contributed by atoms with Crippen molar-refractivity contribution >= 4 is 5.69 Å². The fourth-order valence-electron chi connectivity index (χ4n) is 3.70. The molecule has 0 spiro atoms. The first-order valence-electron chi connectivity index (χ1n) is 7.28. The first kappa shape index (κ1) is 12.0. The van der Waals surface area contributed by atoms with Crippen LogP contribution in [0.4, 0.5) is 5.69 Å². The predicted octanol–water partition coefficient (Wildman–Crippen LogP) is 2.82. The summed E-state index contributed by atoms with van der Waals surface area (Å²) in [5.41, 5.74) is 7.92. The smallest absolute Gasteiger partial charge is 0.0772 e. The summed E-state index contributed by atoms with van der Waals surface area (Å²) in [6, 6.07) is 4.66. The molecule has 3 rings (SSSR count). The molecule has 1 aromatic heterocycles. The molecule has 3 nitrogen and oxygen atoms in total. The third-order valence-corrected chi connectivity index (χ3v) is 4.64. The van der Waals surface area contributed by atoms with Crippen molar-refractivity contribution in [3.8, 4) is 0 Å². The second kappa shape index (κ2) is 5.27. The van der Waals surface area contributed by atoms with Gasteiger partial charge in [-0.1, -0.05) is 12.8 Å². The second-order valence-corrected chi connectivity index (χ2v) is 5.76. The first-order chi connectivity index (χ1) is 8.84. The molecule has 1 saturated heterocycles. The standard InChI is InChI=1S/C15H23N3/c16-13-7-3-9-17-14(13)11-18-10-4-6-12-5-1-2-8-15(12)18/h3,7,9,12,15H,1-2,4-6,8,10-11,16H2. The van der Waals surface area contributed by atoms with Crippen LogP contribution in [0.3, 0.4) is 0 Å². The number of rotatable bonds is 2. The summed E-state index contributed by atoms with van der Waals surface area (Å²) in [5.74, 6) is 0.928. The number of pyridine rings is 1. The van der Waals surface area contributed by atoms with Gasteiger partial charge < -0.3 is 5.73 Å². The zero-order valence-electron chi connectivity index (χ0n) is 11.0. The van der Waals surface area contributed by atoms with Crippen molar-refractivity contribution in [2.75, 3.05) is 12.3 Å². The van der Waals surface area contributed by atoms with Crippen molar-refractivity contribution in [1.82, 2.24) is 9.88 Å². The van der Waals surface area contributed by atoms with Crippen molar-refractivity contribution in [3.05, 3.63) is 24.0 Å². The molecule has 2 atom stereocenters. The molecule has 1 saturated carbocycles. The van der Waals surface area contributed by atoms with Crippen LogP contribution in [0, 0.1) is 5.92 Å². The van der Waals surface area contributed by atoms with E-state index in [0.29, 0.717) is 0 Å². The number of aromatic nitrogens is 1. The van der Waals surface area contributed by atoms with Crippen molar-refractivity contribution in [2.24, 2.45) is 5.92 Å². The molecule has 2 fully saturated rings. The molecule has 1 aromatic rings. The molecule has 3 heteroatoms. The third kappa shape index (κ3) is 2.37. The zero-order valence-corrected chi connectivity index (χ0v) is 11.0. The van der Waals surface area contributed by atoms with Crippen molar-refractivity contribution < 1.29 is 0 Å². The molecule has 1 aliphatic carbocycles. The van der Waals surface area contributed by atoms with Gasteiger partial charge in [0.2, 0.25) is 0 Å². The number of piperidine rings is 1. The number of hydrogen-bond donors (Lipinski definition) is 1. The Balaban J connectivity index is 1.73. The van der Waals surface area contributed by atoms with Crippen molar-refractivity contribution in [1.29, 1.82) is 0 Å². The Morgan fingerprint density at radius 2 is 2.06 bits per heavy atom. The number of likely N-dealkylation sites (tertiary alicyclic amines) is 1. The zero-order chi connectivity index (χ0) is 12.4. The van der Waals surface area contributed by atoms with Gasteiger partial charge in [-0.15, -0.1) is 0 Å². The number of anilines is 1. The monoisotopic (exact) mass is 245 g/mol. The third-order valence-electron chi connectivity index (χ3n) is 4.64. The largest absolute Gasteiger partial charge is 0.397 e. The minimum Gasteiger partial charge on any atom is -0.397 e. The lowest BCUT2D eigenvalue weighted by Gasteiger charge is -2.44. The number of nitrogen functional groups attached to an aromatic ring is 1. The van der Waals surface area contributed by atoms with Crippen molar-refractivity contribution in [3.63, 3.8) is 0 Å². The summed E-state index contributed by atoms with van der Waals surface area (Å²) in [6.07, 6.45) is 10.3. The van der Waals surface area contributed by atoms with Gasteiger partial charge in [0.1, 0.15) is 0 Å². The van der Waals surface area contributed by atoms with Crippen LogP contribution in [0.5, 0.6) is 0 Å². The van der Waals surface area contributed by atoms with Crippen LogP contribution in [-0.4, -0.2) is 22.5 Å². The predicted molar refractivity (Wildman–Crippen MR) is 74.0 cm³/mol. The first-order valence-corrected chi connectivity index (χ1v) is 7.28. The van der Waals surface area contributed by atoms with E-state index in [2.05, 4.69) is 9.88 Å². The lowest BCUT2D eigenvalue weighted by Crippen LogP contribution is -2.46. The highest BCUT2D eigenvalue weighted by Crippen LogP contribution is 2.36. The Morgan fingerprint density at radius 3 is 2.94 bits per heavy atom. The molecule has 1 aliphatic heterocycles. The Bertz CT molecular complexity index is 402. The highest BCUT2D eigenvalue weighted by Gasteiger charge is 2.33. The average Bonchev–Trinajstić information content (AvgIpc) is 2.42. The number of hydrogen-bond acceptors (Lipinski definition) is 3. The van der Waals surface area contributed by atoms with Crippen molar-refractivity contribution in [2.45, 2.75) is 51.1 Å². The van der Waals surface area contributed by atoms with Gasteiger partial charge in [0.15, 0.2) is 0 Å². The van der Waals surface area contributed by atoms with Gasteiger partial charge in [0, 0.05) is 18.8 Å². The van der Waals surface area contributed by atoms with Gasteiger partial charge in [-0.25, -0.2) is 0 Å². The van der Waals surface area contributed by atoms with E-state index in [1.165, 1.54) is 45.1 Å². The molecule has 2 heterocycles. The summed E-state index contributed by atoms with van der Waals surface area (Å²) in [7, 11) is 0. The SMILES string of the molecule is Nc1cccnc1CN1CCCC2CCCCC21. The number of nitrogens with zero attached hydrogens (tertiary/aromatic N) is 2. The van der Waals surface area contributed by atoms with Crippen LogP contribution in [0.25, 0.3) is 0 Å². The fourth-order valence-corrected chi connectivity index (χ4v) is 3.70. The number of nitrogens with two attached hydrogens (primary N) is 1. The quantitative estimate of drug-likeness (QED) is 0.871. The van der Waals surface area contributed by atoms with Gasteiger partial charge >= 0.3 is 0 Å². The molecule has 98 valence electrons. The molecular formula is C15H23N3. The Morgan fingerprint density at radius 1 is 1.22 bits per heavy atom. The van der Waals surface area contributed by atoms with Gasteiger partial charge in [-0.05, 0) is 50.3 Å². The molecule has 0 radical (unpaired) electrons. The van der Waals surface area contributed by atoms with E-state index >= 15 is 0 Å². The summed E-state index contributed by atoms with van der Waals surface area (Å²) in [5, 5.41) is 0. The molecule has 2 aliphatic rings. The van der Waals surface area contributed by atoms with E-state index in [1.807, 2.05) is 18.3 Å². The summed E-state index contributed by atoms with van der Waals surface area (Å²) >= 11 is 0. The van der Waals surface area contributed by atoms with Crippen LogP contribution < -0.4 is 5.73 Å². The van der Waals surface area contributed by atoms with Crippen LogP contribution >= 0.6 is 0 Å². The average molecular weight is 245 g/mol. The van der Waals surface area contributed by atoms with Crippen LogP contribution in [0.15, 0.2) is 18.3 Å². The van der Waals surface area contributed by atoms with Crippen LogP contribution in [0.2, 0.25) is 0 Å². The maximum Gasteiger partial charge on any atom is 0.0772 e. The highest BCUT2D eigenvalue weighted by molar-refractivity contribution is 5.41. The minimum absolute atomic E-state index is 0.786. The van der Waals surface area contributed by atoms with Crippen LogP contribution in [0.1, 0.15) is 44.2 Å². The van der Waals surface area contributed by atoms with Gasteiger partial charge in [-0.3, -0.25) is 9.88 Å². The molecule has 2 unspecified atom stereocenters. The summed E-state index contributed by atoms with van der Waals surface area (Å²) in [4.78, 5) is 7.07. The molecule has 0 aromatic carbocycles. The molecular weight excluding hydrogens is 222 g/mol. The van der Waals surface area contributed by atoms with Gasteiger partial charge in [-0.2, -0.15) is 0 Å². The molecule has 18 heavy (non-hydrogen) atoms. The summed E-state index contributed by atoms with van der Waals surface area (Å²) in [6.45, 7) is 2.16. The summed E-state index contributed by atoms with van der Waals surface area (Å²) < 4.78 is 0. The number of fused-ring (bicyclic) bond motifs is 1. The Hall–Kier alpha value is -1.09. The highest BCUT2D eigenvalue weighted by atomic mass is 15.2. The fraction of sp³-hybridized carbons (Fsp3) is 0.667. The molecule has 2 N–H and O–H groups in total. The lowest BCUT2D eigenvalue weighted by molar-refractivity contribution is 0.0539. The second-order valence-electron chi connectivity index (χ2n) is 5.76. The van der Waals surface area contributed by atoms with E-state index in [4.69, 9.17) is 5.73 Å². The van der Waals surface area contributed by atoms with E-state index in [1.54, 1.807) is 0 Å². The lowest BCUT2D eigenvalue weighted by atomic mass is 9.78. The molecule has 0 amide bonds. The van der Waals surface area contributed by atoms with E-state index < -0.39 is 0 Å². The van der Waals surface area contributed by atoms with E-state index in [-0.39, 0.29) is 0 Å². The normalized spacial score (nSPS) is 28.9. The Labute approximate surface area is 109 Å². The van der Waals surface area contributed by atoms with Crippen LogP contribution in [-0.2, 0) is 6.54 Å². The van der Waals surface area contributed by atoms with Gasteiger partial charge in [0.25, 0.3) is 0 Å². The van der Waals surface area contributed by atoms with E-state index in [0.717, 1.165) is 29.9 Å². The minimum atomic E-state index is 0.786. The Kier molecular flexibility index (Phi) is 3.50. The molecule has 0 bridgehead atoms. The van der Waals surface area contributed by atoms with Gasteiger partial charge in [0.05, 0.1) is 11.4 Å².